The molecule has 0 saturated heterocycles. The Morgan fingerprint density at radius 1 is 1.06 bits per heavy atom. The summed E-state index contributed by atoms with van der Waals surface area (Å²) in [6.07, 6.45) is 2.09. The summed E-state index contributed by atoms with van der Waals surface area (Å²) in [4.78, 5) is 15.4. The molecule has 0 aliphatic carbocycles. The molecule has 0 amide bonds. The molecule has 0 spiro atoms. The van der Waals surface area contributed by atoms with E-state index in [-0.39, 0.29) is 16.7 Å². The molecule has 0 unspecified atom stereocenters. The second kappa shape index (κ2) is 4.60. The number of carbonyl (C=O) groups excluding carboxylic acids is 1. The zero-order valence-electron chi connectivity index (χ0n) is 9.38. The molecule has 1 heterocycles. The van der Waals surface area contributed by atoms with Crippen LogP contribution in [-0.4, -0.2) is 10.8 Å². The smallest absolute Gasteiger partial charge is 0.199 e. The standard InChI is InChI=1S/C13H8F3NO/c1-7-4-9(11(15)5-10(7)14)13(18)8-2-3-17-6-12(8)16/h2-6H,1H3. The van der Waals surface area contributed by atoms with Gasteiger partial charge in [-0.2, -0.15) is 0 Å². The zero-order chi connectivity index (χ0) is 13.3. The van der Waals surface area contributed by atoms with Crippen molar-refractivity contribution in [3.8, 4) is 0 Å². The SMILES string of the molecule is Cc1cc(C(=O)c2ccncc2F)c(F)cc1F. The molecule has 92 valence electrons. The minimum atomic E-state index is -1.01. The molecular formula is C13H8F3NO. The van der Waals surface area contributed by atoms with E-state index in [9.17, 15) is 18.0 Å². The van der Waals surface area contributed by atoms with Crippen LogP contribution in [0.4, 0.5) is 13.2 Å². The van der Waals surface area contributed by atoms with Gasteiger partial charge in [0, 0.05) is 12.3 Å². The van der Waals surface area contributed by atoms with Gasteiger partial charge in [0.25, 0.3) is 0 Å². The van der Waals surface area contributed by atoms with E-state index in [2.05, 4.69) is 4.98 Å². The molecular weight excluding hydrogens is 243 g/mol. The summed E-state index contributed by atoms with van der Waals surface area (Å²) in [7, 11) is 0. The maximum Gasteiger partial charge on any atom is 0.199 e. The van der Waals surface area contributed by atoms with Crippen molar-refractivity contribution in [3.05, 3.63) is 64.7 Å². The van der Waals surface area contributed by atoms with Crippen LogP contribution in [0.25, 0.3) is 0 Å². The van der Waals surface area contributed by atoms with Crippen LogP contribution in [0.5, 0.6) is 0 Å². The van der Waals surface area contributed by atoms with Crippen LogP contribution in [0.2, 0.25) is 0 Å². The average Bonchev–Trinajstić information content (AvgIpc) is 2.33. The molecule has 18 heavy (non-hydrogen) atoms. The summed E-state index contributed by atoms with van der Waals surface area (Å²) >= 11 is 0. The quantitative estimate of drug-likeness (QED) is 0.768. The first-order chi connectivity index (χ1) is 8.50. The second-order valence-electron chi connectivity index (χ2n) is 3.77. The number of pyridine rings is 1. The third-order valence-electron chi connectivity index (χ3n) is 2.51. The molecule has 1 aromatic carbocycles. The summed E-state index contributed by atoms with van der Waals surface area (Å²) in [5.74, 6) is -3.45. The summed E-state index contributed by atoms with van der Waals surface area (Å²) in [6, 6.07) is 2.82. The van der Waals surface area contributed by atoms with E-state index < -0.39 is 23.2 Å². The Morgan fingerprint density at radius 2 is 1.78 bits per heavy atom. The highest BCUT2D eigenvalue weighted by Gasteiger charge is 2.19. The summed E-state index contributed by atoms with van der Waals surface area (Å²) in [6.45, 7) is 1.40. The molecule has 0 aliphatic heterocycles. The third-order valence-corrected chi connectivity index (χ3v) is 2.51. The third kappa shape index (κ3) is 2.11. The van der Waals surface area contributed by atoms with Crippen molar-refractivity contribution in [1.82, 2.24) is 4.98 Å². The fourth-order valence-electron chi connectivity index (χ4n) is 1.54. The minimum absolute atomic E-state index is 0.120. The lowest BCUT2D eigenvalue weighted by Crippen LogP contribution is -2.08. The van der Waals surface area contributed by atoms with Crippen LogP contribution in [0.15, 0.2) is 30.6 Å². The van der Waals surface area contributed by atoms with E-state index in [1.165, 1.54) is 13.1 Å². The van der Waals surface area contributed by atoms with Crippen LogP contribution in [-0.2, 0) is 0 Å². The number of halogens is 3. The molecule has 0 N–H and O–H groups in total. The topological polar surface area (TPSA) is 30.0 Å². The number of aromatic nitrogens is 1. The average molecular weight is 251 g/mol. The molecule has 2 aromatic rings. The van der Waals surface area contributed by atoms with Gasteiger partial charge in [0.15, 0.2) is 11.6 Å². The number of rotatable bonds is 2. The molecule has 0 bridgehead atoms. The lowest BCUT2D eigenvalue weighted by atomic mass is 10.0. The van der Waals surface area contributed by atoms with Gasteiger partial charge in [0.1, 0.15) is 11.6 Å². The number of benzene rings is 1. The van der Waals surface area contributed by atoms with Gasteiger partial charge in [-0.1, -0.05) is 0 Å². The normalized spacial score (nSPS) is 10.4. The highest BCUT2D eigenvalue weighted by molar-refractivity contribution is 6.09. The van der Waals surface area contributed by atoms with Gasteiger partial charge in [-0.05, 0) is 24.6 Å². The van der Waals surface area contributed by atoms with Crippen molar-refractivity contribution < 1.29 is 18.0 Å². The van der Waals surface area contributed by atoms with Crippen LogP contribution < -0.4 is 0 Å². The largest absolute Gasteiger partial charge is 0.288 e. The number of hydrogen-bond donors (Lipinski definition) is 0. The van der Waals surface area contributed by atoms with E-state index in [0.717, 1.165) is 18.3 Å². The van der Waals surface area contributed by atoms with Gasteiger partial charge < -0.3 is 0 Å². The Balaban J connectivity index is 2.53. The summed E-state index contributed by atoms with van der Waals surface area (Å²) in [5.41, 5.74) is -0.539. The van der Waals surface area contributed by atoms with E-state index in [4.69, 9.17) is 0 Å². The van der Waals surface area contributed by atoms with Gasteiger partial charge in [-0.25, -0.2) is 13.2 Å². The highest BCUT2D eigenvalue weighted by Crippen LogP contribution is 2.19. The van der Waals surface area contributed by atoms with Crippen LogP contribution in [0, 0.1) is 24.4 Å². The van der Waals surface area contributed by atoms with E-state index in [0.29, 0.717) is 6.07 Å². The highest BCUT2D eigenvalue weighted by atomic mass is 19.1. The first-order valence-corrected chi connectivity index (χ1v) is 5.10. The van der Waals surface area contributed by atoms with Crippen LogP contribution >= 0.6 is 0 Å². The zero-order valence-corrected chi connectivity index (χ0v) is 9.38. The van der Waals surface area contributed by atoms with Gasteiger partial charge in [0.2, 0.25) is 0 Å². The number of hydrogen-bond acceptors (Lipinski definition) is 2. The monoisotopic (exact) mass is 251 g/mol. The lowest BCUT2D eigenvalue weighted by molar-refractivity contribution is 0.103. The predicted octanol–water partition coefficient (Wildman–Crippen LogP) is 3.04. The number of nitrogens with zero attached hydrogens (tertiary/aromatic N) is 1. The van der Waals surface area contributed by atoms with Crippen molar-refractivity contribution in [1.29, 1.82) is 0 Å². The van der Waals surface area contributed by atoms with Crippen molar-refractivity contribution >= 4 is 5.78 Å². The van der Waals surface area contributed by atoms with Crippen molar-refractivity contribution in [2.24, 2.45) is 0 Å². The van der Waals surface area contributed by atoms with Gasteiger partial charge in [-0.3, -0.25) is 9.78 Å². The molecule has 0 fully saturated rings. The van der Waals surface area contributed by atoms with Crippen molar-refractivity contribution in [2.45, 2.75) is 6.92 Å². The van der Waals surface area contributed by atoms with E-state index in [1.54, 1.807) is 0 Å². The van der Waals surface area contributed by atoms with Crippen LogP contribution in [0.1, 0.15) is 21.5 Å². The number of aryl methyl sites for hydroxylation is 1. The molecule has 2 nitrogen and oxygen atoms in total. The van der Waals surface area contributed by atoms with Crippen molar-refractivity contribution in [3.63, 3.8) is 0 Å². The fourth-order valence-corrected chi connectivity index (χ4v) is 1.54. The maximum atomic E-state index is 13.5. The summed E-state index contributed by atoms with van der Waals surface area (Å²) < 4.78 is 39.9. The van der Waals surface area contributed by atoms with E-state index in [1.807, 2.05) is 0 Å². The Kier molecular flexibility index (Phi) is 3.14. The van der Waals surface area contributed by atoms with Gasteiger partial charge in [-0.15, -0.1) is 0 Å². The molecule has 0 aliphatic rings. The molecule has 1 aromatic heterocycles. The van der Waals surface area contributed by atoms with Gasteiger partial charge in [0.05, 0.1) is 17.3 Å². The Hall–Kier alpha value is -2.17. The number of ketones is 1. The minimum Gasteiger partial charge on any atom is -0.288 e. The van der Waals surface area contributed by atoms with Gasteiger partial charge >= 0.3 is 0 Å². The lowest BCUT2D eigenvalue weighted by Gasteiger charge is -2.05. The fraction of sp³-hybridized carbons (Fsp3) is 0.0769. The maximum absolute atomic E-state index is 13.5. The molecule has 2 rings (SSSR count). The molecule has 0 atom stereocenters. The summed E-state index contributed by atoms with van der Waals surface area (Å²) in [5, 5.41) is 0. The number of carbonyl (C=O) groups is 1. The van der Waals surface area contributed by atoms with Crippen LogP contribution in [0.3, 0.4) is 0 Å². The van der Waals surface area contributed by atoms with E-state index >= 15 is 0 Å². The van der Waals surface area contributed by atoms with Crippen molar-refractivity contribution in [2.75, 3.05) is 0 Å². The Morgan fingerprint density at radius 3 is 2.44 bits per heavy atom. The Bertz CT molecular complexity index is 626. The molecule has 0 radical (unpaired) electrons. The second-order valence-corrected chi connectivity index (χ2v) is 3.77. The molecule has 0 saturated carbocycles. The Labute approximate surface area is 101 Å². The predicted molar refractivity (Wildman–Crippen MR) is 58.7 cm³/mol. The molecule has 5 heteroatoms. The first-order valence-electron chi connectivity index (χ1n) is 5.10. The first kappa shape index (κ1) is 12.3.